The standard InChI is InChI=1S/C15H18N4O3/c1-9(2)8-22-12-7-5-4-6-11(12)14(20)16-10(3)13-17-15(21)19-18-13/h4-7,10H,1,8H2,2-3H3,(H,16,20)(H2,17,18,19,21). The second-order valence-electron chi connectivity index (χ2n) is 5.00. The summed E-state index contributed by atoms with van der Waals surface area (Å²) in [5.74, 6) is 0.526. The summed E-state index contributed by atoms with van der Waals surface area (Å²) in [7, 11) is 0. The zero-order chi connectivity index (χ0) is 16.1. The summed E-state index contributed by atoms with van der Waals surface area (Å²) >= 11 is 0. The third kappa shape index (κ3) is 3.85. The molecule has 0 spiro atoms. The van der Waals surface area contributed by atoms with Crippen LogP contribution < -0.4 is 15.7 Å². The molecule has 1 unspecified atom stereocenters. The van der Waals surface area contributed by atoms with Crippen LogP contribution in [0, 0.1) is 0 Å². The van der Waals surface area contributed by atoms with Gasteiger partial charge in [0, 0.05) is 0 Å². The van der Waals surface area contributed by atoms with Crippen LogP contribution >= 0.6 is 0 Å². The minimum Gasteiger partial charge on any atom is -0.488 e. The van der Waals surface area contributed by atoms with E-state index >= 15 is 0 Å². The third-order valence-electron chi connectivity index (χ3n) is 2.88. The van der Waals surface area contributed by atoms with Gasteiger partial charge in [0.25, 0.3) is 5.91 Å². The predicted molar refractivity (Wildman–Crippen MR) is 81.8 cm³/mol. The zero-order valence-corrected chi connectivity index (χ0v) is 12.5. The quantitative estimate of drug-likeness (QED) is 0.705. The van der Waals surface area contributed by atoms with Gasteiger partial charge >= 0.3 is 5.69 Å². The Hall–Kier alpha value is -2.83. The number of aromatic amines is 2. The summed E-state index contributed by atoms with van der Waals surface area (Å²) in [6.07, 6.45) is 0. The molecular formula is C15H18N4O3. The van der Waals surface area contributed by atoms with Crippen molar-refractivity contribution >= 4 is 5.91 Å². The average Bonchev–Trinajstić information content (AvgIpc) is 2.92. The molecule has 0 saturated heterocycles. The van der Waals surface area contributed by atoms with Crippen LogP contribution in [0.4, 0.5) is 0 Å². The van der Waals surface area contributed by atoms with Gasteiger partial charge in [-0.2, -0.15) is 5.10 Å². The van der Waals surface area contributed by atoms with Crippen LogP contribution in [-0.2, 0) is 0 Å². The number of rotatable bonds is 6. The summed E-state index contributed by atoms with van der Waals surface area (Å²) in [5.41, 5.74) is 0.854. The fourth-order valence-electron chi connectivity index (χ4n) is 1.81. The highest BCUT2D eigenvalue weighted by Gasteiger charge is 2.17. The Morgan fingerprint density at radius 2 is 2.18 bits per heavy atom. The van der Waals surface area contributed by atoms with E-state index in [1.165, 1.54) is 0 Å². The van der Waals surface area contributed by atoms with Crippen LogP contribution in [0.3, 0.4) is 0 Å². The van der Waals surface area contributed by atoms with Gasteiger partial charge in [0.05, 0.1) is 11.6 Å². The molecule has 0 fully saturated rings. The maximum absolute atomic E-state index is 12.4. The van der Waals surface area contributed by atoms with Gasteiger partial charge in [0.1, 0.15) is 12.4 Å². The van der Waals surface area contributed by atoms with E-state index in [2.05, 4.69) is 27.1 Å². The van der Waals surface area contributed by atoms with Crippen LogP contribution in [0.15, 0.2) is 41.2 Å². The average molecular weight is 302 g/mol. The summed E-state index contributed by atoms with van der Waals surface area (Å²) < 4.78 is 5.57. The lowest BCUT2D eigenvalue weighted by molar-refractivity contribution is 0.0934. The molecular weight excluding hydrogens is 284 g/mol. The second kappa shape index (κ2) is 6.75. The molecule has 2 aromatic rings. The van der Waals surface area contributed by atoms with E-state index in [0.29, 0.717) is 23.7 Å². The highest BCUT2D eigenvalue weighted by molar-refractivity contribution is 5.97. The van der Waals surface area contributed by atoms with Crippen molar-refractivity contribution in [1.29, 1.82) is 0 Å². The Labute approximate surface area is 127 Å². The van der Waals surface area contributed by atoms with Crippen molar-refractivity contribution in [2.24, 2.45) is 0 Å². The monoisotopic (exact) mass is 302 g/mol. The number of aromatic nitrogens is 3. The molecule has 1 amide bonds. The molecule has 0 aliphatic carbocycles. The van der Waals surface area contributed by atoms with Crippen molar-refractivity contribution in [2.45, 2.75) is 19.9 Å². The van der Waals surface area contributed by atoms with Gasteiger partial charge in [-0.25, -0.2) is 9.89 Å². The molecule has 0 radical (unpaired) electrons. The molecule has 1 heterocycles. The molecule has 7 nitrogen and oxygen atoms in total. The van der Waals surface area contributed by atoms with E-state index in [-0.39, 0.29) is 5.91 Å². The molecule has 1 aromatic carbocycles. The Kier molecular flexibility index (Phi) is 4.77. The Bertz CT molecular complexity index is 732. The van der Waals surface area contributed by atoms with Crippen molar-refractivity contribution in [3.8, 4) is 5.75 Å². The first-order chi connectivity index (χ1) is 10.5. The number of carbonyl (C=O) groups excluding carboxylic acids is 1. The number of hydrogen-bond donors (Lipinski definition) is 3. The molecule has 0 saturated carbocycles. The molecule has 1 atom stereocenters. The molecule has 7 heteroatoms. The zero-order valence-electron chi connectivity index (χ0n) is 12.5. The summed E-state index contributed by atoms with van der Waals surface area (Å²) in [6.45, 7) is 7.67. The number of H-pyrrole nitrogens is 2. The highest BCUT2D eigenvalue weighted by Crippen LogP contribution is 2.19. The van der Waals surface area contributed by atoms with Gasteiger partial charge in [-0.3, -0.25) is 9.78 Å². The van der Waals surface area contributed by atoms with E-state index in [0.717, 1.165) is 5.57 Å². The number of hydrogen-bond acceptors (Lipinski definition) is 4. The van der Waals surface area contributed by atoms with Crippen molar-refractivity contribution < 1.29 is 9.53 Å². The van der Waals surface area contributed by atoms with Crippen LogP contribution in [-0.4, -0.2) is 27.7 Å². The second-order valence-corrected chi connectivity index (χ2v) is 5.00. The lowest BCUT2D eigenvalue weighted by Crippen LogP contribution is -2.28. The third-order valence-corrected chi connectivity index (χ3v) is 2.88. The summed E-state index contributed by atoms with van der Waals surface area (Å²) in [6, 6.07) is 6.49. The smallest absolute Gasteiger partial charge is 0.340 e. The van der Waals surface area contributed by atoms with Gasteiger partial charge in [-0.15, -0.1) is 0 Å². The van der Waals surface area contributed by atoms with E-state index in [1.807, 2.05) is 6.92 Å². The van der Waals surface area contributed by atoms with Crippen LogP contribution in [0.5, 0.6) is 5.75 Å². The van der Waals surface area contributed by atoms with Crippen molar-refractivity contribution in [3.63, 3.8) is 0 Å². The van der Waals surface area contributed by atoms with Gasteiger partial charge < -0.3 is 10.1 Å². The molecule has 0 aliphatic heterocycles. The van der Waals surface area contributed by atoms with Gasteiger partial charge in [-0.05, 0) is 31.6 Å². The Morgan fingerprint density at radius 1 is 1.45 bits per heavy atom. The topological polar surface area (TPSA) is 99.9 Å². The number of ether oxygens (including phenoxy) is 1. The van der Waals surface area contributed by atoms with E-state index in [4.69, 9.17) is 4.74 Å². The van der Waals surface area contributed by atoms with E-state index in [9.17, 15) is 9.59 Å². The minimum atomic E-state index is -0.444. The first-order valence-corrected chi connectivity index (χ1v) is 6.79. The molecule has 22 heavy (non-hydrogen) atoms. The number of amides is 1. The molecule has 3 N–H and O–H groups in total. The van der Waals surface area contributed by atoms with Crippen LogP contribution in [0.1, 0.15) is 36.1 Å². The SMILES string of the molecule is C=C(C)COc1ccccc1C(=O)NC(C)c1n[nH]c(=O)[nH]1. The van der Waals surface area contributed by atoms with Crippen molar-refractivity contribution in [1.82, 2.24) is 20.5 Å². The van der Waals surface area contributed by atoms with E-state index < -0.39 is 11.7 Å². The Morgan fingerprint density at radius 3 is 2.82 bits per heavy atom. The van der Waals surface area contributed by atoms with Crippen LogP contribution in [0.25, 0.3) is 0 Å². The first-order valence-electron chi connectivity index (χ1n) is 6.79. The summed E-state index contributed by atoms with van der Waals surface area (Å²) in [4.78, 5) is 25.9. The van der Waals surface area contributed by atoms with E-state index in [1.54, 1.807) is 31.2 Å². The number of para-hydroxylation sites is 1. The van der Waals surface area contributed by atoms with Crippen molar-refractivity contribution in [2.75, 3.05) is 6.61 Å². The number of carbonyl (C=O) groups is 1. The lowest BCUT2D eigenvalue weighted by atomic mass is 10.1. The molecule has 1 aromatic heterocycles. The van der Waals surface area contributed by atoms with Gasteiger partial charge in [-0.1, -0.05) is 18.7 Å². The minimum absolute atomic E-state index is 0.311. The largest absolute Gasteiger partial charge is 0.488 e. The van der Waals surface area contributed by atoms with Gasteiger partial charge in [0.15, 0.2) is 5.82 Å². The normalized spacial score (nSPS) is 11.7. The highest BCUT2D eigenvalue weighted by atomic mass is 16.5. The van der Waals surface area contributed by atoms with Crippen LogP contribution in [0.2, 0.25) is 0 Å². The molecule has 2 rings (SSSR count). The molecule has 116 valence electrons. The maximum atomic E-state index is 12.4. The molecule has 0 bridgehead atoms. The van der Waals surface area contributed by atoms with Crippen molar-refractivity contribution in [3.05, 3.63) is 58.3 Å². The molecule has 0 aliphatic rings. The lowest BCUT2D eigenvalue weighted by Gasteiger charge is -2.14. The number of benzene rings is 1. The van der Waals surface area contributed by atoms with Gasteiger partial charge in [0.2, 0.25) is 0 Å². The summed E-state index contributed by atoms with van der Waals surface area (Å²) in [5, 5.41) is 8.81. The fraction of sp³-hybridized carbons (Fsp3) is 0.267. The number of nitrogens with zero attached hydrogens (tertiary/aromatic N) is 1. The first kappa shape index (κ1) is 15.6. The number of nitrogens with one attached hydrogen (secondary N) is 3. The fourth-order valence-corrected chi connectivity index (χ4v) is 1.81. The predicted octanol–water partition coefficient (Wildman–Crippen LogP) is 1.54. The maximum Gasteiger partial charge on any atom is 0.340 e. The Balaban J connectivity index is 2.12.